The molecule has 6 nitrogen and oxygen atoms in total. The lowest BCUT2D eigenvalue weighted by molar-refractivity contribution is 0.0897. The van der Waals surface area contributed by atoms with Gasteiger partial charge in [0.25, 0.3) is 5.91 Å². The Labute approximate surface area is 136 Å². The van der Waals surface area contributed by atoms with Gasteiger partial charge in [-0.25, -0.2) is 4.68 Å². The molecular formula is C17H24N4O2. The zero-order valence-electron chi connectivity index (χ0n) is 14.1. The highest BCUT2D eigenvalue weighted by atomic mass is 16.3. The standard InChI is InChI=1S/C17H24N4O2/c1-12-6-5-7-14(8-12)21-10-15(19-20-21)16(23)18-11-17(3,4)9-13(2)22/h5-8,10,13,22H,9,11H2,1-4H3,(H,18,23). The molecule has 0 radical (unpaired) electrons. The summed E-state index contributed by atoms with van der Waals surface area (Å²) < 4.78 is 1.59. The number of benzene rings is 1. The number of aliphatic hydroxyl groups is 1. The Morgan fingerprint density at radius 1 is 1.43 bits per heavy atom. The van der Waals surface area contributed by atoms with E-state index in [9.17, 15) is 9.90 Å². The summed E-state index contributed by atoms with van der Waals surface area (Å²) in [6.07, 6.45) is 1.83. The molecule has 0 bridgehead atoms. The molecule has 0 aliphatic heterocycles. The first-order valence-corrected chi connectivity index (χ1v) is 7.72. The zero-order valence-corrected chi connectivity index (χ0v) is 14.1. The second kappa shape index (κ2) is 6.91. The van der Waals surface area contributed by atoms with Gasteiger partial charge < -0.3 is 10.4 Å². The fourth-order valence-corrected chi connectivity index (χ4v) is 2.55. The van der Waals surface area contributed by atoms with E-state index in [1.165, 1.54) is 0 Å². The molecule has 2 aromatic rings. The maximum absolute atomic E-state index is 12.2. The summed E-state index contributed by atoms with van der Waals surface area (Å²) in [6, 6.07) is 7.82. The Balaban J connectivity index is 2.01. The first kappa shape index (κ1) is 17.1. The van der Waals surface area contributed by atoms with Crippen molar-refractivity contribution >= 4 is 5.91 Å². The summed E-state index contributed by atoms with van der Waals surface area (Å²) in [5.41, 5.74) is 2.07. The third-order valence-electron chi connectivity index (χ3n) is 3.57. The molecule has 1 heterocycles. The fraction of sp³-hybridized carbons (Fsp3) is 0.471. The summed E-state index contributed by atoms with van der Waals surface area (Å²) in [4.78, 5) is 12.2. The number of nitrogens with one attached hydrogen (secondary N) is 1. The summed E-state index contributed by atoms with van der Waals surface area (Å²) in [5.74, 6) is -0.262. The normalized spacial score (nSPS) is 12.9. The van der Waals surface area contributed by atoms with E-state index in [2.05, 4.69) is 15.6 Å². The largest absolute Gasteiger partial charge is 0.393 e. The van der Waals surface area contributed by atoms with Crippen molar-refractivity contribution in [3.8, 4) is 5.69 Å². The number of hydrogen-bond donors (Lipinski definition) is 2. The van der Waals surface area contributed by atoms with Crippen molar-refractivity contribution in [3.05, 3.63) is 41.7 Å². The minimum absolute atomic E-state index is 0.184. The highest BCUT2D eigenvalue weighted by Gasteiger charge is 2.22. The number of carbonyl (C=O) groups excluding carboxylic acids is 1. The number of aliphatic hydroxyl groups excluding tert-OH is 1. The summed E-state index contributed by atoms with van der Waals surface area (Å²) in [6.45, 7) is 8.22. The van der Waals surface area contributed by atoms with Crippen LogP contribution < -0.4 is 5.32 Å². The quantitative estimate of drug-likeness (QED) is 0.855. The van der Waals surface area contributed by atoms with Crippen molar-refractivity contribution in [2.75, 3.05) is 6.54 Å². The second-order valence-corrected chi connectivity index (χ2v) is 6.79. The molecule has 2 rings (SSSR count). The van der Waals surface area contributed by atoms with Crippen molar-refractivity contribution in [1.29, 1.82) is 0 Å². The smallest absolute Gasteiger partial charge is 0.273 e. The van der Waals surface area contributed by atoms with E-state index >= 15 is 0 Å². The van der Waals surface area contributed by atoms with Crippen molar-refractivity contribution in [2.24, 2.45) is 5.41 Å². The molecular weight excluding hydrogens is 292 g/mol. The molecule has 1 unspecified atom stereocenters. The van der Waals surface area contributed by atoms with Gasteiger partial charge in [-0.1, -0.05) is 31.2 Å². The predicted octanol–water partition coefficient (Wildman–Crippen LogP) is 2.10. The van der Waals surface area contributed by atoms with E-state index < -0.39 is 6.10 Å². The molecule has 124 valence electrons. The van der Waals surface area contributed by atoms with Crippen LogP contribution in [-0.4, -0.2) is 38.7 Å². The van der Waals surface area contributed by atoms with Crippen molar-refractivity contribution in [1.82, 2.24) is 20.3 Å². The van der Waals surface area contributed by atoms with Crippen LogP contribution in [0.5, 0.6) is 0 Å². The predicted molar refractivity (Wildman–Crippen MR) is 88.5 cm³/mol. The van der Waals surface area contributed by atoms with Crippen LogP contribution in [0.3, 0.4) is 0 Å². The molecule has 0 fully saturated rings. The molecule has 2 N–H and O–H groups in total. The average Bonchev–Trinajstić information content (AvgIpc) is 2.93. The lowest BCUT2D eigenvalue weighted by atomic mass is 9.87. The van der Waals surface area contributed by atoms with Gasteiger partial charge in [0.2, 0.25) is 0 Å². The summed E-state index contributed by atoms with van der Waals surface area (Å²) in [7, 11) is 0. The van der Waals surface area contributed by atoms with Gasteiger partial charge in [0.1, 0.15) is 0 Å². The maximum Gasteiger partial charge on any atom is 0.273 e. The van der Waals surface area contributed by atoms with E-state index in [0.717, 1.165) is 11.3 Å². The van der Waals surface area contributed by atoms with E-state index in [1.807, 2.05) is 45.0 Å². The van der Waals surface area contributed by atoms with Crippen LogP contribution in [0.15, 0.2) is 30.5 Å². The Hall–Kier alpha value is -2.21. The molecule has 23 heavy (non-hydrogen) atoms. The number of rotatable bonds is 6. The van der Waals surface area contributed by atoms with Gasteiger partial charge >= 0.3 is 0 Å². The average molecular weight is 316 g/mol. The number of hydrogen-bond acceptors (Lipinski definition) is 4. The number of carbonyl (C=O) groups is 1. The van der Waals surface area contributed by atoms with Crippen LogP contribution in [-0.2, 0) is 0 Å². The Kier molecular flexibility index (Phi) is 5.15. The van der Waals surface area contributed by atoms with Gasteiger partial charge in [-0.15, -0.1) is 5.10 Å². The summed E-state index contributed by atoms with van der Waals surface area (Å²) >= 11 is 0. The highest BCUT2D eigenvalue weighted by molar-refractivity contribution is 5.91. The Bertz CT molecular complexity index is 677. The van der Waals surface area contributed by atoms with Gasteiger partial charge in [0.05, 0.1) is 18.0 Å². The van der Waals surface area contributed by atoms with Crippen LogP contribution in [0.1, 0.15) is 43.2 Å². The lowest BCUT2D eigenvalue weighted by Crippen LogP contribution is -2.35. The van der Waals surface area contributed by atoms with Gasteiger partial charge in [-0.2, -0.15) is 0 Å². The Morgan fingerprint density at radius 2 is 2.17 bits per heavy atom. The lowest BCUT2D eigenvalue weighted by Gasteiger charge is -2.26. The molecule has 1 amide bonds. The van der Waals surface area contributed by atoms with E-state index in [-0.39, 0.29) is 17.0 Å². The molecule has 0 saturated heterocycles. The van der Waals surface area contributed by atoms with Gasteiger partial charge in [0, 0.05) is 6.54 Å². The topological polar surface area (TPSA) is 80.0 Å². The number of amides is 1. The fourth-order valence-electron chi connectivity index (χ4n) is 2.55. The minimum atomic E-state index is -0.399. The number of aromatic nitrogens is 3. The van der Waals surface area contributed by atoms with Crippen molar-refractivity contribution in [2.45, 2.75) is 40.2 Å². The Morgan fingerprint density at radius 3 is 2.83 bits per heavy atom. The molecule has 1 atom stereocenters. The van der Waals surface area contributed by atoms with E-state index in [0.29, 0.717) is 13.0 Å². The third-order valence-corrected chi connectivity index (χ3v) is 3.57. The van der Waals surface area contributed by atoms with Crippen molar-refractivity contribution in [3.63, 3.8) is 0 Å². The van der Waals surface area contributed by atoms with Crippen LogP contribution in [0.25, 0.3) is 5.69 Å². The van der Waals surface area contributed by atoms with Crippen molar-refractivity contribution < 1.29 is 9.90 Å². The molecule has 6 heteroatoms. The van der Waals surface area contributed by atoms with Gasteiger partial charge in [-0.3, -0.25) is 4.79 Å². The highest BCUT2D eigenvalue weighted by Crippen LogP contribution is 2.21. The molecule has 1 aromatic carbocycles. The monoisotopic (exact) mass is 316 g/mol. The first-order chi connectivity index (χ1) is 10.8. The minimum Gasteiger partial charge on any atom is -0.393 e. The zero-order chi connectivity index (χ0) is 17.0. The maximum atomic E-state index is 12.2. The van der Waals surface area contributed by atoms with E-state index in [1.54, 1.807) is 17.8 Å². The number of nitrogens with zero attached hydrogens (tertiary/aromatic N) is 3. The van der Waals surface area contributed by atoms with E-state index in [4.69, 9.17) is 0 Å². The van der Waals surface area contributed by atoms with Crippen LogP contribution in [0, 0.1) is 12.3 Å². The second-order valence-electron chi connectivity index (χ2n) is 6.79. The first-order valence-electron chi connectivity index (χ1n) is 7.72. The van der Waals surface area contributed by atoms with Gasteiger partial charge in [0.15, 0.2) is 5.69 Å². The van der Waals surface area contributed by atoms with Crippen LogP contribution in [0.2, 0.25) is 0 Å². The molecule has 1 aromatic heterocycles. The van der Waals surface area contributed by atoms with Crippen LogP contribution in [0.4, 0.5) is 0 Å². The van der Waals surface area contributed by atoms with Gasteiger partial charge in [-0.05, 0) is 43.4 Å². The SMILES string of the molecule is Cc1cccc(-n2cc(C(=O)NCC(C)(C)CC(C)O)nn2)c1. The molecule has 0 spiro atoms. The summed E-state index contributed by atoms with van der Waals surface area (Å²) in [5, 5.41) is 20.3. The number of aryl methyl sites for hydroxylation is 1. The molecule has 0 saturated carbocycles. The molecule has 0 aliphatic rings. The third kappa shape index (κ3) is 4.89. The van der Waals surface area contributed by atoms with Crippen LogP contribution >= 0.6 is 0 Å². The molecule has 0 aliphatic carbocycles.